The fraction of sp³-hybridized carbons (Fsp3) is 0.438. The van der Waals surface area contributed by atoms with Gasteiger partial charge in [-0.2, -0.15) is 0 Å². The highest BCUT2D eigenvalue weighted by Gasteiger charge is 2.25. The number of nitrogens with zero attached hydrogens (tertiary/aromatic N) is 1. The number of furan rings is 1. The van der Waals surface area contributed by atoms with E-state index in [1.54, 1.807) is 11.8 Å². The van der Waals surface area contributed by atoms with Gasteiger partial charge in [0.25, 0.3) is 0 Å². The highest BCUT2D eigenvalue weighted by Crippen LogP contribution is 2.27. The molecule has 0 radical (unpaired) electrons. The molecule has 0 aliphatic carbocycles. The van der Waals surface area contributed by atoms with Crippen LogP contribution in [0.1, 0.15) is 39.0 Å². The van der Waals surface area contributed by atoms with E-state index < -0.39 is 6.04 Å². The third-order valence-corrected chi connectivity index (χ3v) is 3.46. The lowest BCUT2D eigenvalue weighted by molar-refractivity contribution is -0.134. The Kier molecular flexibility index (Phi) is 4.45. The van der Waals surface area contributed by atoms with Crippen LogP contribution in [0.5, 0.6) is 0 Å². The summed E-state index contributed by atoms with van der Waals surface area (Å²) in [7, 11) is 0. The SMILES string of the molecule is CCCN(C(=O)[C@H](C)N)C(C)c1cc2ccccc2o1. The molecule has 2 rings (SSSR count). The van der Waals surface area contributed by atoms with Crippen LogP contribution in [0.4, 0.5) is 0 Å². The maximum absolute atomic E-state index is 12.2. The van der Waals surface area contributed by atoms with Crippen LogP contribution >= 0.6 is 0 Å². The number of rotatable bonds is 5. The Labute approximate surface area is 119 Å². The lowest BCUT2D eigenvalue weighted by Gasteiger charge is -2.29. The van der Waals surface area contributed by atoms with Crippen molar-refractivity contribution in [2.45, 2.75) is 39.3 Å². The van der Waals surface area contributed by atoms with Crippen LogP contribution in [0.25, 0.3) is 11.0 Å². The number of hydrogen-bond donors (Lipinski definition) is 1. The van der Waals surface area contributed by atoms with E-state index in [1.807, 2.05) is 44.2 Å². The van der Waals surface area contributed by atoms with E-state index in [9.17, 15) is 4.79 Å². The highest BCUT2D eigenvalue weighted by molar-refractivity contribution is 5.82. The van der Waals surface area contributed by atoms with E-state index in [4.69, 9.17) is 10.2 Å². The summed E-state index contributed by atoms with van der Waals surface area (Å²) >= 11 is 0. The number of para-hydroxylation sites is 1. The Morgan fingerprint density at radius 1 is 1.35 bits per heavy atom. The van der Waals surface area contributed by atoms with Crippen molar-refractivity contribution in [1.29, 1.82) is 0 Å². The maximum atomic E-state index is 12.2. The third-order valence-electron chi connectivity index (χ3n) is 3.46. The first-order valence-electron chi connectivity index (χ1n) is 7.09. The van der Waals surface area contributed by atoms with Gasteiger partial charge in [0.05, 0.1) is 12.1 Å². The van der Waals surface area contributed by atoms with Crippen molar-refractivity contribution in [1.82, 2.24) is 4.90 Å². The zero-order valence-electron chi connectivity index (χ0n) is 12.3. The fourth-order valence-corrected chi connectivity index (χ4v) is 2.36. The van der Waals surface area contributed by atoms with E-state index in [0.717, 1.165) is 23.2 Å². The molecule has 0 aliphatic heterocycles. The predicted octanol–water partition coefficient (Wildman–Crippen LogP) is 3.08. The topological polar surface area (TPSA) is 59.5 Å². The van der Waals surface area contributed by atoms with Crippen molar-refractivity contribution in [3.63, 3.8) is 0 Å². The Hall–Kier alpha value is -1.81. The number of benzene rings is 1. The van der Waals surface area contributed by atoms with E-state index in [1.165, 1.54) is 0 Å². The summed E-state index contributed by atoms with van der Waals surface area (Å²) in [4.78, 5) is 14.0. The number of carbonyl (C=O) groups is 1. The quantitative estimate of drug-likeness (QED) is 0.911. The molecule has 0 spiro atoms. The number of fused-ring (bicyclic) bond motifs is 1. The van der Waals surface area contributed by atoms with Crippen LogP contribution in [0, 0.1) is 0 Å². The number of nitrogens with two attached hydrogens (primary N) is 1. The largest absolute Gasteiger partial charge is 0.459 e. The third kappa shape index (κ3) is 2.85. The molecule has 2 N–H and O–H groups in total. The number of hydrogen-bond acceptors (Lipinski definition) is 3. The minimum Gasteiger partial charge on any atom is -0.459 e. The lowest BCUT2D eigenvalue weighted by Crippen LogP contribution is -2.43. The molecule has 108 valence electrons. The molecule has 1 aromatic carbocycles. The summed E-state index contributed by atoms with van der Waals surface area (Å²) in [5, 5.41) is 1.05. The van der Waals surface area contributed by atoms with Gasteiger partial charge in [-0.15, -0.1) is 0 Å². The van der Waals surface area contributed by atoms with E-state index in [0.29, 0.717) is 6.54 Å². The Balaban J connectivity index is 2.30. The number of amides is 1. The Morgan fingerprint density at radius 2 is 2.05 bits per heavy atom. The van der Waals surface area contributed by atoms with Crippen LogP contribution in [-0.2, 0) is 4.79 Å². The zero-order valence-corrected chi connectivity index (χ0v) is 12.3. The van der Waals surface area contributed by atoms with Crippen molar-refractivity contribution in [2.75, 3.05) is 6.54 Å². The lowest BCUT2D eigenvalue weighted by atomic mass is 10.1. The molecule has 0 saturated heterocycles. The minimum atomic E-state index is -0.492. The van der Waals surface area contributed by atoms with Gasteiger partial charge in [-0.1, -0.05) is 25.1 Å². The van der Waals surface area contributed by atoms with Crippen molar-refractivity contribution in [3.8, 4) is 0 Å². The molecule has 4 heteroatoms. The van der Waals surface area contributed by atoms with Crippen LogP contribution in [-0.4, -0.2) is 23.4 Å². The molecule has 1 heterocycles. The Morgan fingerprint density at radius 3 is 2.65 bits per heavy atom. The fourth-order valence-electron chi connectivity index (χ4n) is 2.36. The Bertz CT molecular complexity index is 556. The molecule has 1 aromatic heterocycles. The zero-order chi connectivity index (χ0) is 14.7. The normalized spacial score (nSPS) is 14.2. The van der Waals surface area contributed by atoms with Gasteiger partial charge in [0.2, 0.25) is 5.91 Å². The standard InChI is InChI=1S/C16H22N2O2/c1-4-9-18(16(19)11(2)17)12(3)15-10-13-7-5-6-8-14(13)20-15/h5-8,10-12H,4,9,17H2,1-3H3/t11-,12?/m0/s1. The molecule has 2 aromatic rings. The van der Waals surface area contributed by atoms with Crippen molar-refractivity contribution < 1.29 is 9.21 Å². The van der Waals surface area contributed by atoms with Crippen molar-refractivity contribution in [2.24, 2.45) is 5.73 Å². The van der Waals surface area contributed by atoms with E-state index >= 15 is 0 Å². The molecule has 0 bridgehead atoms. The summed E-state index contributed by atoms with van der Waals surface area (Å²) in [6.07, 6.45) is 0.892. The van der Waals surface area contributed by atoms with Crippen LogP contribution in [0.15, 0.2) is 34.7 Å². The number of carbonyl (C=O) groups excluding carboxylic acids is 1. The van der Waals surface area contributed by atoms with Gasteiger partial charge >= 0.3 is 0 Å². The van der Waals surface area contributed by atoms with Crippen molar-refractivity contribution in [3.05, 3.63) is 36.1 Å². The molecule has 1 unspecified atom stereocenters. The smallest absolute Gasteiger partial charge is 0.239 e. The van der Waals surface area contributed by atoms with E-state index in [2.05, 4.69) is 0 Å². The van der Waals surface area contributed by atoms with Crippen molar-refractivity contribution >= 4 is 16.9 Å². The average molecular weight is 274 g/mol. The second-order valence-electron chi connectivity index (χ2n) is 5.18. The molecule has 0 saturated carbocycles. The van der Waals surface area contributed by atoms with Gasteiger partial charge in [0, 0.05) is 11.9 Å². The van der Waals surface area contributed by atoms with Gasteiger partial charge in [-0.3, -0.25) is 4.79 Å². The summed E-state index contributed by atoms with van der Waals surface area (Å²) in [5.41, 5.74) is 6.58. The van der Waals surface area contributed by atoms with Gasteiger partial charge in [-0.25, -0.2) is 0 Å². The summed E-state index contributed by atoms with van der Waals surface area (Å²) in [5.74, 6) is 0.758. The molecule has 20 heavy (non-hydrogen) atoms. The van der Waals surface area contributed by atoms with Gasteiger partial charge in [-0.05, 0) is 32.4 Å². The minimum absolute atomic E-state index is 0.0418. The molecule has 2 atom stereocenters. The summed E-state index contributed by atoms with van der Waals surface area (Å²) < 4.78 is 5.85. The first-order valence-corrected chi connectivity index (χ1v) is 7.09. The van der Waals surface area contributed by atoms with Gasteiger partial charge < -0.3 is 15.1 Å². The van der Waals surface area contributed by atoms with Gasteiger partial charge in [0.15, 0.2) is 0 Å². The molecule has 4 nitrogen and oxygen atoms in total. The summed E-state index contributed by atoms with van der Waals surface area (Å²) in [6, 6.07) is 9.25. The molecule has 1 amide bonds. The predicted molar refractivity (Wildman–Crippen MR) is 80.3 cm³/mol. The molecule has 0 fully saturated rings. The van der Waals surface area contributed by atoms with Crippen LogP contribution < -0.4 is 5.73 Å². The average Bonchev–Trinajstić information content (AvgIpc) is 2.87. The molecular formula is C16H22N2O2. The molecule has 0 aliphatic rings. The first kappa shape index (κ1) is 14.6. The molecular weight excluding hydrogens is 252 g/mol. The highest BCUT2D eigenvalue weighted by atomic mass is 16.3. The summed E-state index contributed by atoms with van der Waals surface area (Å²) in [6.45, 7) is 6.43. The second-order valence-corrected chi connectivity index (χ2v) is 5.18. The second kappa shape index (κ2) is 6.09. The van der Waals surface area contributed by atoms with Crippen LogP contribution in [0.3, 0.4) is 0 Å². The first-order chi connectivity index (χ1) is 9.54. The van der Waals surface area contributed by atoms with Gasteiger partial charge in [0.1, 0.15) is 11.3 Å². The van der Waals surface area contributed by atoms with E-state index in [-0.39, 0.29) is 11.9 Å². The maximum Gasteiger partial charge on any atom is 0.239 e. The monoisotopic (exact) mass is 274 g/mol. The van der Waals surface area contributed by atoms with Crippen LogP contribution in [0.2, 0.25) is 0 Å².